The zero-order chi connectivity index (χ0) is 15.0. The minimum Gasteiger partial charge on any atom is -0.465 e. The summed E-state index contributed by atoms with van der Waals surface area (Å²) in [5.41, 5.74) is 0. The minimum absolute atomic E-state index is 0.597. The van der Waals surface area contributed by atoms with Gasteiger partial charge >= 0.3 is 0 Å². The summed E-state index contributed by atoms with van der Waals surface area (Å²) in [5, 5.41) is 0. The van der Waals surface area contributed by atoms with Crippen LogP contribution in [0.3, 0.4) is 0 Å². The molecule has 110 valence electrons. The molecule has 22 heavy (non-hydrogen) atoms. The van der Waals surface area contributed by atoms with Crippen LogP contribution in [-0.4, -0.2) is 0 Å². The van der Waals surface area contributed by atoms with Crippen molar-refractivity contribution in [1.82, 2.24) is 0 Å². The maximum atomic E-state index is 5.32. The second kappa shape index (κ2) is 7.48. The largest absolute Gasteiger partial charge is 0.465 e. The van der Waals surface area contributed by atoms with Crippen molar-refractivity contribution in [2.24, 2.45) is 0 Å². The second-order valence-corrected chi connectivity index (χ2v) is 6.23. The van der Waals surface area contributed by atoms with E-state index >= 15 is 0 Å². The van der Waals surface area contributed by atoms with E-state index < -0.39 is 7.92 Å². The molecule has 0 aliphatic rings. The zero-order valence-corrected chi connectivity index (χ0v) is 12.7. The van der Waals surface area contributed by atoms with Gasteiger partial charge in [0.15, 0.2) is 0 Å². The Bertz CT molecular complexity index is 627. The summed E-state index contributed by atoms with van der Waals surface area (Å²) in [6.07, 6.45) is 10.9. The molecule has 3 nitrogen and oxygen atoms in total. The van der Waals surface area contributed by atoms with Crippen LogP contribution in [0.15, 0.2) is 85.9 Å². The van der Waals surface area contributed by atoms with Crippen molar-refractivity contribution in [3.05, 3.63) is 89.9 Å². The molecule has 0 N–H and O–H groups in total. The SMILES string of the molecule is C(=C\P(/C=C/c1ccco1)/C=C/c1ccco1)/c1ccco1. The number of rotatable bonds is 6. The zero-order valence-electron chi connectivity index (χ0n) is 11.8. The van der Waals surface area contributed by atoms with Crippen molar-refractivity contribution in [3.8, 4) is 0 Å². The first-order chi connectivity index (χ1) is 10.9. The third kappa shape index (κ3) is 4.24. The van der Waals surface area contributed by atoms with E-state index in [1.807, 2.05) is 54.6 Å². The van der Waals surface area contributed by atoms with Crippen molar-refractivity contribution in [2.75, 3.05) is 0 Å². The fraction of sp³-hybridized carbons (Fsp3) is 0. The van der Waals surface area contributed by atoms with Crippen LogP contribution in [0.25, 0.3) is 18.2 Å². The first-order valence-corrected chi connectivity index (χ1v) is 8.38. The summed E-state index contributed by atoms with van der Waals surface area (Å²) in [4.78, 5) is 0. The van der Waals surface area contributed by atoms with Crippen molar-refractivity contribution in [2.45, 2.75) is 0 Å². The molecule has 3 rings (SSSR count). The number of hydrogen-bond donors (Lipinski definition) is 0. The van der Waals surface area contributed by atoms with Gasteiger partial charge in [-0.15, -0.1) is 0 Å². The summed E-state index contributed by atoms with van der Waals surface area (Å²) >= 11 is 0. The lowest BCUT2D eigenvalue weighted by Gasteiger charge is -2.00. The van der Waals surface area contributed by atoms with Crippen LogP contribution < -0.4 is 0 Å². The van der Waals surface area contributed by atoms with E-state index in [1.165, 1.54) is 0 Å². The van der Waals surface area contributed by atoms with Gasteiger partial charge in [0.25, 0.3) is 0 Å². The third-order valence-electron chi connectivity index (χ3n) is 2.86. The van der Waals surface area contributed by atoms with Gasteiger partial charge in [0.05, 0.1) is 18.8 Å². The summed E-state index contributed by atoms with van der Waals surface area (Å²) in [5.74, 6) is 8.87. The average molecular weight is 310 g/mol. The van der Waals surface area contributed by atoms with Gasteiger partial charge in [-0.2, -0.15) is 0 Å². The quantitative estimate of drug-likeness (QED) is 0.504. The van der Waals surface area contributed by atoms with Crippen molar-refractivity contribution < 1.29 is 13.3 Å². The Kier molecular flexibility index (Phi) is 4.91. The van der Waals surface area contributed by atoms with Crippen LogP contribution in [0.4, 0.5) is 0 Å². The molecule has 3 heterocycles. The van der Waals surface area contributed by atoms with E-state index in [0.29, 0.717) is 0 Å². The predicted molar refractivity (Wildman–Crippen MR) is 90.1 cm³/mol. The smallest absolute Gasteiger partial charge is 0.126 e. The van der Waals surface area contributed by atoms with E-state index in [9.17, 15) is 0 Å². The van der Waals surface area contributed by atoms with E-state index in [0.717, 1.165) is 17.3 Å². The van der Waals surface area contributed by atoms with Gasteiger partial charge < -0.3 is 13.3 Å². The van der Waals surface area contributed by atoms with Crippen LogP contribution >= 0.6 is 7.92 Å². The molecule has 0 unspecified atom stereocenters. The Morgan fingerprint density at radius 2 is 0.955 bits per heavy atom. The van der Waals surface area contributed by atoms with Gasteiger partial charge in [-0.3, -0.25) is 0 Å². The molecule has 0 amide bonds. The highest BCUT2D eigenvalue weighted by Gasteiger charge is 1.98. The minimum atomic E-state index is -0.597. The molecule has 0 aliphatic heterocycles. The van der Waals surface area contributed by atoms with Gasteiger partial charge in [0.2, 0.25) is 0 Å². The monoisotopic (exact) mass is 310 g/mol. The fourth-order valence-electron chi connectivity index (χ4n) is 1.79. The van der Waals surface area contributed by atoms with Gasteiger partial charge in [0, 0.05) is 0 Å². The lowest BCUT2D eigenvalue weighted by Crippen LogP contribution is -1.65. The van der Waals surface area contributed by atoms with Crippen molar-refractivity contribution in [3.63, 3.8) is 0 Å². The summed E-state index contributed by atoms with van der Waals surface area (Å²) in [6, 6.07) is 11.4. The molecule has 0 aliphatic carbocycles. The van der Waals surface area contributed by atoms with Crippen LogP contribution in [0.2, 0.25) is 0 Å². The van der Waals surface area contributed by atoms with E-state index in [1.54, 1.807) is 18.8 Å². The lowest BCUT2D eigenvalue weighted by molar-refractivity contribution is 0.557. The maximum Gasteiger partial charge on any atom is 0.126 e. The molecule has 0 atom stereocenters. The van der Waals surface area contributed by atoms with Crippen LogP contribution in [-0.2, 0) is 0 Å². The van der Waals surface area contributed by atoms with Gasteiger partial charge in [-0.25, -0.2) is 0 Å². The van der Waals surface area contributed by atoms with Crippen molar-refractivity contribution >= 4 is 26.1 Å². The molecular weight excluding hydrogens is 295 g/mol. The summed E-state index contributed by atoms with van der Waals surface area (Å²) < 4.78 is 16.0. The fourth-order valence-corrected chi connectivity index (χ4v) is 3.04. The lowest BCUT2D eigenvalue weighted by atomic mass is 10.4. The van der Waals surface area contributed by atoms with Gasteiger partial charge in [-0.1, -0.05) is 0 Å². The van der Waals surface area contributed by atoms with E-state index in [4.69, 9.17) is 13.3 Å². The Morgan fingerprint density at radius 1 is 0.591 bits per heavy atom. The molecule has 0 aromatic carbocycles. The first kappa shape index (κ1) is 14.4. The van der Waals surface area contributed by atoms with Crippen LogP contribution in [0.5, 0.6) is 0 Å². The Labute approximate surface area is 130 Å². The molecule has 3 aromatic heterocycles. The van der Waals surface area contributed by atoms with E-state index in [2.05, 4.69) is 17.5 Å². The van der Waals surface area contributed by atoms with Gasteiger partial charge in [0.1, 0.15) is 17.3 Å². The highest BCUT2D eigenvalue weighted by molar-refractivity contribution is 7.67. The Hall–Kier alpha value is -2.51. The molecule has 0 spiro atoms. The topological polar surface area (TPSA) is 39.4 Å². The maximum absolute atomic E-state index is 5.32. The summed E-state index contributed by atoms with van der Waals surface area (Å²) in [6.45, 7) is 0. The molecular formula is C18H15O3P. The summed E-state index contributed by atoms with van der Waals surface area (Å²) in [7, 11) is -0.597. The normalized spacial score (nSPS) is 12.4. The van der Waals surface area contributed by atoms with E-state index in [-0.39, 0.29) is 0 Å². The Morgan fingerprint density at radius 3 is 1.23 bits per heavy atom. The number of hydrogen-bond acceptors (Lipinski definition) is 3. The van der Waals surface area contributed by atoms with Crippen LogP contribution in [0.1, 0.15) is 17.3 Å². The Balaban J connectivity index is 1.75. The molecule has 3 aromatic rings. The highest BCUT2D eigenvalue weighted by atomic mass is 31.1. The standard InChI is InChI=1S/C18H15O3P/c1-4-16(19-10-1)7-13-22(14-8-17-5-2-11-20-17)15-9-18-6-3-12-21-18/h1-15H/b13-7+,14-8+,15-9+. The van der Waals surface area contributed by atoms with Crippen molar-refractivity contribution in [1.29, 1.82) is 0 Å². The molecule has 0 fully saturated rings. The predicted octanol–water partition coefficient (Wildman–Crippen LogP) is 6.26. The highest BCUT2D eigenvalue weighted by Crippen LogP contribution is 2.42. The molecule has 0 bridgehead atoms. The number of furan rings is 3. The first-order valence-electron chi connectivity index (χ1n) is 6.83. The molecule has 0 saturated heterocycles. The third-order valence-corrected chi connectivity index (χ3v) is 4.34. The molecule has 0 saturated carbocycles. The van der Waals surface area contributed by atoms with Gasteiger partial charge in [-0.05, 0) is 80.0 Å². The van der Waals surface area contributed by atoms with Crippen LogP contribution in [0, 0.1) is 0 Å². The molecule has 4 heteroatoms. The second-order valence-electron chi connectivity index (χ2n) is 4.44. The molecule has 0 radical (unpaired) electrons. The average Bonchev–Trinajstić information content (AvgIpc) is 3.29.